The van der Waals surface area contributed by atoms with Gasteiger partial charge in [-0.1, -0.05) is 12.1 Å². The Bertz CT molecular complexity index is 296. The van der Waals surface area contributed by atoms with Gasteiger partial charge in [0, 0.05) is 24.8 Å². The fraction of sp³-hybridized carbons (Fsp3) is 0.538. The molecule has 1 aromatic rings. The number of benzene rings is 1. The van der Waals surface area contributed by atoms with Crippen molar-refractivity contribution < 1.29 is 0 Å². The molecule has 0 amide bonds. The largest absolute Gasteiger partial charge is 0.372 e. The summed E-state index contributed by atoms with van der Waals surface area (Å²) in [5.41, 5.74) is 13.9. The van der Waals surface area contributed by atoms with Crippen LogP contribution in [0.5, 0.6) is 0 Å². The average molecular weight is 258 g/mol. The first-order valence-electron chi connectivity index (χ1n) is 6.03. The summed E-state index contributed by atoms with van der Waals surface area (Å²) < 4.78 is 0. The predicted molar refractivity (Wildman–Crippen MR) is 77.9 cm³/mol. The molecule has 1 atom stereocenters. The Hall–Kier alpha value is -0.770. The lowest BCUT2D eigenvalue weighted by Gasteiger charge is -2.21. The molecule has 3 nitrogen and oxygen atoms in total. The summed E-state index contributed by atoms with van der Waals surface area (Å²) in [5.74, 6) is 0. The van der Waals surface area contributed by atoms with Crippen LogP contribution in [0.25, 0.3) is 0 Å². The van der Waals surface area contributed by atoms with E-state index in [1.807, 2.05) is 0 Å². The van der Waals surface area contributed by atoms with Crippen molar-refractivity contribution in [2.45, 2.75) is 26.3 Å². The molecule has 0 heterocycles. The average Bonchev–Trinajstić information content (AvgIpc) is 2.32. The number of nitrogens with zero attached hydrogens (tertiary/aromatic N) is 1. The van der Waals surface area contributed by atoms with Gasteiger partial charge in [-0.25, -0.2) is 0 Å². The lowest BCUT2D eigenvalue weighted by molar-refractivity contribution is 0.661. The second kappa shape index (κ2) is 8.34. The zero-order chi connectivity index (χ0) is 12.0. The summed E-state index contributed by atoms with van der Waals surface area (Å²) in [4.78, 5) is 2.32. The summed E-state index contributed by atoms with van der Waals surface area (Å²) in [6.07, 6.45) is 0.838. The van der Waals surface area contributed by atoms with Gasteiger partial charge in [-0.2, -0.15) is 0 Å². The van der Waals surface area contributed by atoms with Gasteiger partial charge in [0.2, 0.25) is 0 Å². The van der Waals surface area contributed by atoms with Gasteiger partial charge >= 0.3 is 0 Å². The van der Waals surface area contributed by atoms with Crippen LogP contribution in [0.1, 0.15) is 31.9 Å². The minimum atomic E-state index is 0. The van der Waals surface area contributed by atoms with Gasteiger partial charge < -0.3 is 16.4 Å². The van der Waals surface area contributed by atoms with E-state index in [1.165, 1.54) is 11.3 Å². The van der Waals surface area contributed by atoms with Crippen molar-refractivity contribution in [3.8, 4) is 0 Å². The first-order chi connectivity index (χ1) is 7.72. The van der Waals surface area contributed by atoms with Crippen molar-refractivity contribution in [1.82, 2.24) is 0 Å². The SMILES string of the molecule is CCN(CC)c1ccc([C@@H](N)CCN)cc1.Cl. The molecule has 0 bridgehead atoms. The third-order valence-corrected chi connectivity index (χ3v) is 2.93. The third kappa shape index (κ3) is 4.54. The van der Waals surface area contributed by atoms with E-state index in [2.05, 4.69) is 43.0 Å². The van der Waals surface area contributed by atoms with Gasteiger partial charge in [-0.3, -0.25) is 0 Å². The summed E-state index contributed by atoms with van der Waals surface area (Å²) >= 11 is 0. The summed E-state index contributed by atoms with van der Waals surface area (Å²) in [7, 11) is 0. The van der Waals surface area contributed by atoms with E-state index in [9.17, 15) is 0 Å². The Morgan fingerprint density at radius 3 is 2.06 bits per heavy atom. The van der Waals surface area contributed by atoms with Crippen molar-refractivity contribution in [3.63, 3.8) is 0 Å². The highest BCUT2D eigenvalue weighted by molar-refractivity contribution is 5.85. The van der Waals surface area contributed by atoms with Gasteiger partial charge in [0.05, 0.1) is 0 Å². The number of hydrogen-bond donors (Lipinski definition) is 2. The highest BCUT2D eigenvalue weighted by Gasteiger charge is 2.06. The van der Waals surface area contributed by atoms with Crippen molar-refractivity contribution in [3.05, 3.63) is 29.8 Å². The van der Waals surface area contributed by atoms with Crippen LogP contribution in [0.3, 0.4) is 0 Å². The predicted octanol–water partition coefficient (Wildman–Crippen LogP) is 2.30. The summed E-state index contributed by atoms with van der Waals surface area (Å²) in [6, 6.07) is 8.55. The van der Waals surface area contributed by atoms with Gasteiger partial charge in [0.15, 0.2) is 0 Å². The van der Waals surface area contributed by atoms with Gasteiger partial charge in [0.1, 0.15) is 0 Å². The standard InChI is InChI=1S/C13H23N3.ClH/c1-3-16(4-2)12-7-5-11(6-8-12)13(15)9-10-14;/h5-8,13H,3-4,9-10,14-15H2,1-2H3;1H/t13-;/m0./s1. The molecule has 0 radical (unpaired) electrons. The maximum Gasteiger partial charge on any atom is 0.0366 e. The Morgan fingerprint density at radius 2 is 1.65 bits per heavy atom. The first-order valence-corrected chi connectivity index (χ1v) is 6.03. The lowest BCUT2D eigenvalue weighted by Crippen LogP contribution is -2.22. The zero-order valence-electron chi connectivity index (χ0n) is 10.7. The maximum atomic E-state index is 6.00. The van der Waals surface area contributed by atoms with Crippen LogP contribution in [0.4, 0.5) is 5.69 Å². The van der Waals surface area contributed by atoms with Crippen LogP contribution < -0.4 is 16.4 Å². The second-order valence-corrected chi connectivity index (χ2v) is 3.95. The molecule has 0 saturated heterocycles. The Morgan fingerprint density at radius 1 is 1.12 bits per heavy atom. The highest BCUT2D eigenvalue weighted by Crippen LogP contribution is 2.19. The number of halogens is 1. The topological polar surface area (TPSA) is 55.3 Å². The summed E-state index contributed by atoms with van der Waals surface area (Å²) in [6.45, 7) is 7.03. The Kier molecular flexibility index (Phi) is 7.96. The van der Waals surface area contributed by atoms with Gasteiger partial charge in [-0.05, 0) is 44.5 Å². The molecule has 1 rings (SSSR count). The van der Waals surface area contributed by atoms with Crippen molar-refractivity contribution in [1.29, 1.82) is 0 Å². The van der Waals surface area contributed by atoms with E-state index >= 15 is 0 Å². The molecular weight excluding hydrogens is 234 g/mol. The summed E-state index contributed by atoms with van der Waals surface area (Å²) in [5, 5.41) is 0. The van der Waals surface area contributed by atoms with Crippen LogP contribution in [0.2, 0.25) is 0 Å². The Labute approximate surface area is 111 Å². The molecule has 1 aromatic carbocycles. The maximum absolute atomic E-state index is 6.00. The smallest absolute Gasteiger partial charge is 0.0366 e. The second-order valence-electron chi connectivity index (χ2n) is 3.95. The molecule has 0 unspecified atom stereocenters. The normalized spacial score (nSPS) is 11.8. The molecule has 0 spiro atoms. The van der Waals surface area contributed by atoms with E-state index in [1.54, 1.807) is 0 Å². The van der Waals surface area contributed by atoms with E-state index in [0.717, 1.165) is 19.5 Å². The molecule has 0 aliphatic heterocycles. The van der Waals surface area contributed by atoms with Crippen molar-refractivity contribution in [2.75, 3.05) is 24.5 Å². The monoisotopic (exact) mass is 257 g/mol. The zero-order valence-corrected chi connectivity index (χ0v) is 11.5. The van der Waals surface area contributed by atoms with Crippen molar-refractivity contribution in [2.24, 2.45) is 11.5 Å². The molecule has 0 fully saturated rings. The number of rotatable bonds is 6. The van der Waals surface area contributed by atoms with Crippen LogP contribution in [-0.4, -0.2) is 19.6 Å². The molecule has 4 N–H and O–H groups in total. The Balaban J connectivity index is 0.00000256. The van der Waals surface area contributed by atoms with Crippen molar-refractivity contribution >= 4 is 18.1 Å². The minimum Gasteiger partial charge on any atom is -0.372 e. The van der Waals surface area contributed by atoms with Gasteiger partial charge in [0.25, 0.3) is 0 Å². The molecule has 98 valence electrons. The first kappa shape index (κ1) is 16.2. The van der Waals surface area contributed by atoms with Gasteiger partial charge in [-0.15, -0.1) is 12.4 Å². The van der Waals surface area contributed by atoms with Crippen LogP contribution in [-0.2, 0) is 0 Å². The molecule has 4 heteroatoms. The van der Waals surface area contributed by atoms with E-state index in [4.69, 9.17) is 11.5 Å². The van der Waals surface area contributed by atoms with Crippen LogP contribution >= 0.6 is 12.4 Å². The highest BCUT2D eigenvalue weighted by atomic mass is 35.5. The fourth-order valence-electron chi connectivity index (χ4n) is 1.87. The molecule has 0 aliphatic rings. The third-order valence-electron chi connectivity index (χ3n) is 2.93. The fourth-order valence-corrected chi connectivity index (χ4v) is 1.87. The number of anilines is 1. The van der Waals surface area contributed by atoms with E-state index in [-0.39, 0.29) is 18.4 Å². The van der Waals surface area contributed by atoms with Crippen LogP contribution in [0, 0.1) is 0 Å². The molecular formula is C13H24ClN3. The van der Waals surface area contributed by atoms with Crippen LogP contribution in [0.15, 0.2) is 24.3 Å². The quantitative estimate of drug-likeness (QED) is 0.822. The molecule has 0 aliphatic carbocycles. The number of nitrogens with two attached hydrogens (primary N) is 2. The number of hydrogen-bond acceptors (Lipinski definition) is 3. The lowest BCUT2D eigenvalue weighted by atomic mass is 10.0. The molecule has 0 aromatic heterocycles. The molecule has 0 saturated carbocycles. The molecule has 17 heavy (non-hydrogen) atoms. The minimum absolute atomic E-state index is 0. The van der Waals surface area contributed by atoms with E-state index in [0.29, 0.717) is 6.54 Å². The van der Waals surface area contributed by atoms with E-state index < -0.39 is 0 Å².